The summed E-state index contributed by atoms with van der Waals surface area (Å²) in [4.78, 5) is 4.16. The van der Waals surface area contributed by atoms with Crippen molar-refractivity contribution in [2.24, 2.45) is 5.41 Å². The summed E-state index contributed by atoms with van der Waals surface area (Å²) in [5, 5.41) is 13.4. The van der Waals surface area contributed by atoms with Crippen LogP contribution in [-0.2, 0) is 5.60 Å². The summed E-state index contributed by atoms with van der Waals surface area (Å²) in [5.41, 5.74) is 0.493. The second kappa shape index (κ2) is 4.50. The fourth-order valence-corrected chi connectivity index (χ4v) is 4.44. The Morgan fingerprint density at radius 1 is 1.21 bits per heavy atom. The van der Waals surface area contributed by atoms with Crippen molar-refractivity contribution in [2.45, 2.75) is 25.9 Å². The van der Waals surface area contributed by atoms with Crippen molar-refractivity contribution in [3.8, 4) is 0 Å². The number of hydrogen-bond donors (Lipinski definition) is 1. The van der Waals surface area contributed by atoms with Gasteiger partial charge in [-0.25, -0.2) is 0 Å². The zero-order valence-corrected chi connectivity index (χ0v) is 12.2. The van der Waals surface area contributed by atoms with Gasteiger partial charge in [-0.1, -0.05) is 32.0 Å². The van der Waals surface area contributed by atoms with Crippen LogP contribution in [0.2, 0.25) is 0 Å². The van der Waals surface area contributed by atoms with Crippen molar-refractivity contribution in [3.63, 3.8) is 0 Å². The second-order valence-corrected chi connectivity index (χ2v) is 7.25. The molecule has 0 spiro atoms. The zero-order valence-electron chi connectivity index (χ0n) is 11.4. The summed E-state index contributed by atoms with van der Waals surface area (Å²) in [5.74, 6) is 1.89. The van der Waals surface area contributed by atoms with Crippen LogP contribution >= 0.6 is 11.8 Å². The number of nitrogens with zero attached hydrogens (tertiary/aromatic N) is 1. The summed E-state index contributed by atoms with van der Waals surface area (Å²) in [7, 11) is 0. The van der Waals surface area contributed by atoms with Crippen molar-refractivity contribution < 1.29 is 5.11 Å². The van der Waals surface area contributed by atoms with Gasteiger partial charge in [0.05, 0.1) is 5.60 Å². The summed E-state index contributed by atoms with van der Waals surface area (Å²) in [6.07, 6.45) is 4.48. The molecule has 1 aliphatic heterocycles. The van der Waals surface area contributed by atoms with E-state index in [1.807, 2.05) is 30.1 Å². The van der Waals surface area contributed by atoms with Crippen molar-refractivity contribution in [2.75, 3.05) is 11.5 Å². The summed E-state index contributed by atoms with van der Waals surface area (Å²) in [6, 6.07) is 8.14. The quantitative estimate of drug-likeness (QED) is 0.862. The number of aliphatic hydroxyl groups is 1. The van der Waals surface area contributed by atoms with E-state index in [9.17, 15) is 5.11 Å². The van der Waals surface area contributed by atoms with E-state index < -0.39 is 5.60 Å². The Kier molecular flexibility index (Phi) is 3.06. The number of thioether (sulfide) groups is 1. The van der Waals surface area contributed by atoms with Crippen LogP contribution in [0, 0.1) is 5.41 Å². The van der Waals surface area contributed by atoms with Gasteiger partial charge in [-0.2, -0.15) is 11.8 Å². The van der Waals surface area contributed by atoms with Crippen LogP contribution < -0.4 is 0 Å². The van der Waals surface area contributed by atoms with Crippen LogP contribution in [0.5, 0.6) is 0 Å². The fourth-order valence-electron chi connectivity index (χ4n) is 3.09. The van der Waals surface area contributed by atoms with E-state index in [1.54, 1.807) is 6.20 Å². The Hall–Kier alpha value is -1.06. The van der Waals surface area contributed by atoms with Crippen LogP contribution in [0.1, 0.15) is 25.8 Å². The summed E-state index contributed by atoms with van der Waals surface area (Å²) >= 11 is 1.85. The fraction of sp³-hybridized carbons (Fsp3) is 0.438. The van der Waals surface area contributed by atoms with Gasteiger partial charge in [0.1, 0.15) is 0 Å². The van der Waals surface area contributed by atoms with Gasteiger partial charge in [-0.3, -0.25) is 4.98 Å². The molecule has 1 aliphatic rings. The molecule has 2 nitrogen and oxygen atoms in total. The smallest absolute Gasteiger partial charge is 0.0997 e. The van der Waals surface area contributed by atoms with Crippen molar-refractivity contribution in [1.82, 2.24) is 4.98 Å². The molecule has 1 atom stereocenters. The first kappa shape index (κ1) is 12.9. The Balaban J connectivity index is 2.13. The number of aromatic nitrogens is 1. The topological polar surface area (TPSA) is 33.1 Å². The monoisotopic (exact) mass is 273 g/mol. The first-order valence-corrected chi connectivity index (χ1v) is 7.79. The van der Waals surface area contributed by atoms with E-state index in [0.717, 1.165) is 34.3 Å². The first-order valence-electron chi connectivity index (χ1n) is 6.64. The molecule has 2 aromatic rings. The second-order valence-electron chi connectivity index (χ2n) is 6.27. The largest absolute Gasteiger partial charge is 0.384 e. The van der Waals surface area contributed by atoms with Crippen LogP contribution in [0.25, 0.3) is 10.8 Å². The number of rotatable bonds is 1. The molecule has 1 fully saturated rings. The maximum absolute atomic E-state index is 11.1. The van der Waals surface area contributed by atoms with Crippen molar-refractivity contribution in [1.29, 1.82) is 0 Å². The maximum Gasteiger partial charge on any atom is 0.0997 e. The molecule has 1 saturated heterocycles. The SMILES string of the molecule is CC1(C)CSCC(O)(c2cccc3cnccc23)C1. The highest BCUT2D eigenvalue weighted by Crippen LogP contribution is 2.45. The van der Waals surface area contributed by atoms with Gasteiger partial charge in [0.2, 0.25) is 0 Å². The third-order valence-corrected chi connectivity index (χ3v) is 5.45. The summed E-state index contributed by atoms with van der Waals surface area (Å²) < 4.78 is 0. The lowest BCUT2D eigenvalue weighted by atomic mass is 9.77. The highest BCUT2D eigenvalue weighted by atomic mass is 32.2. The van der Waals surface area contributed by atoms with Crippen LogP contribution in [-0.4, -0.2) is 21.6 Å². The molecule has 2 heterocycles. The molecule has 1 unspecified atom stereocenters. The van der Waals surface area contributed by atoms with Crippen LogP contribution in [0.4, 0.5) is 0 Å². The predicted octanol–water partition coefficient (Wildman–Crippen LogP) is 3.59. The highest BCUT2D eigenvalue weighted by Gasteiger charge is 2.40. The Morgan fingerprint density at radius 3 is 2.84 bits per heavy atom. The lowest BCUT2D eigenvalue weighted by Crippen LogP contribution is -2.40. The molecule has 1 N–H and O–H groups in total. The third kappa shape index (κ3) is 2.37. The van der Waals surface area contributed by atoms with Crippen LogP contribution in [0.15, 0.2) is 36.7 Å². The number of hydrogen-bond acceptors (Lipinski definition) is 3. The Morgan fingerprint density at radius 2 is 2.05 bits per heavy atom. The van der Waals surface area contributed by atoms with Crippen molar-refractivity contribution >= 4 is 22.5 Å². The van der Waals surface area contributed by atoms with Gasteiger partial charge in [0, 0.05) is 23.5 Å². The lowest BCUT2D eigenvalue weighted by molar-refractivity contribution is 0.0170. The molecule has 3 heteroatoms. The maximum atomic E-state index is 11.1. The van der Waals surface area contributed by atoms with E-state index in [2.05, 4.69) is 31.0 Å². The molecule has 0 radical (unpaired) electrons. The minimum Gasteiger partial charge on any atom is -0.384 e. The van der Waals surface area contributed by atoms with E-state index in [-0.39, 0.29) is 5.41 Å². The van der Waals surface area contributed by atoms with Gasteiger partial charge >= 0.3 is 0 Å². The average Bonchev–Trinajstić information content (AvgIpc) is 2.36. The average molecular weight is 273 g/mol. The summed E-state index contributed by atoms with van der Waals surface area (Å²) in [6.45, 7) is 4.47. The van der Waals surface area contributed by atoms with E-state index in [1.165, 1.54) is 0 Å². The third-order valence-electron chi connectivity index (χ3n) is 3.79. The minimum atomic E-state index is -0.729. The Bertz CT molecular complexity index is 605. The van der Waals surface area contributed by atoms with Crippen LogP contribution in [0.3, 0.4) is 0 Å². The molecular weight excluding hydrogens is 254 g/mol. The van der Waals surface area contributed by atoms with Gasteiger partial charge in [0.25, 0.3) is 0 Å². The molecule has 1 aromatic heterocycles. The van der Waals surface area contributed by atoms with Crippen molar-refractivity contribution in [3.05, 3.63) is 42.2 Å². The van der Waals surface area contributed by atoms with Gasteiger partial charge < -0.3 is 5.11 Å². The Labute approximate surface area is 118 Å². The molecule has 1 aromatic carbocycles. The molecule has 100 valence electrons. The van der Waals surface area contributed by atoms with Gasteiger partial charge in [-0.05, 0) is 34.6 Å². The molecule has 0 bridgehead atoms. The predicted molar refractivity (Wildman–Crippen MR) is 81.4 cm³/mol. The molecule has 3 rings (SSSR count). The molecule has 19 heavy (non-hydrogen) atoms. The molecular formula is C16H19NOS. The van der Waals surface area contributed by atoms with E-state index in [0.29, 0.717) is 0 Å². The van der Waals surface area contributed by atoms with Gasteiger partial charge in [0.15, 0.2) is 0 Å². The van der Waals surface area contributed by atoms with E-state index >= 15 is 0 Å². The number of benzene rings is 1. The zero-order chi connectivity index (χ0) is 13.5. The molecule has 0 saturated carbocycles. The normalized spacial score (nSPS) is 26.5. The number of pyridine rings is 1. The molecule has 0 amide bonds. The van der Waals surface area contributed by atoms with E-state index in [4.69, 9.17) is 0 Å². The molecule has 0 aliphatic carbocycles. The highest BCUT2D eigenvalue weighted by molar-refractivity contribution is 7.99. The standard InChI is InChI=1S/C16H19NOS/c1-15(2)9-16(18,11-19-10-15)14-5-3-4-12-8-17-7-6-13(12)14/h3-8,18H,9-11H2,1-2H3. The van der Waals surface area contributed by atoms with Gasteiger partial charge in [-0.15, -0.1) is 0 Å². The lowest BCUT2D eigenvalue weighted by Gasteiger charge is -2.41. The first-order chi connectivity index (χ1) is 9.00. The minimum absolute atomic E-state index is 0.173. The number of fused-ring (bicyclic) bond motifs is 1.